The zero-order valence-electron chi connectivity index (χ0n) is 14.1. The van der Waals surface area contributed by atoms with Crippen molar-refractivity contribution in [2.24, 2.45) is 0 Å². The van der Waals surface area contributed by atoms with Gasteiger partial charge in [-0.25, -0.2) is 0 Å². The molecule has 1 aliphatic heterocycles. The Morgan fingerprint density at radius 2 is 2.04 bits per heavy atom. The van der Waals surface area contributed by atoms with Crippen LogP contribution in [0, 0.1) is 0 Å². The zero-order chi connectivity index (χ0) is 18.1. The molecule has 132 valence electrons. The summed E-state index contributed by atoms with van der Waals surface area (Å²) in [7, 11) is 1.62. The molecule has 0 bridgehead atoms. The van der Waals surface area contributed by atoms with Crippen LogP contribution in [0.5, 0.6) is 5.75 Å². The maximum Gasteiger partial charge on any atom is 0.232 e. The summed E-state index contributed by atoms with van der Waals surface area (Å²) in [4.78, 5) is 18.6. The number of rotatable bonds is 4. The van der Waals surface area contributed by atoms with Gasteiger partial charge in [-0.2, -0.15) is 4.98 Å². The van der Waals surface area contributed by atoms with Crippen LogP contribution in [-0.2, 0) is 4.79 Å². The number of methoxy groups -OCH3 is 1. The number of amides is 1. The number of carbonyl (C=O) groups excluding carboxylic acids is 1. The Kier molecular flexibility index (Phi) is 4.34. The lowest BCUT2D eigenvalue weighted by atomic mass is 10.1. The van der Waals surface area contributed by atoms with Crippen LogP contribution in [-0.4, -0.2) is 29.7 Å². The smallest absolute Gasteiger partial charge is 0.232 e. The van der Waals surface area contributed by atoms with Crippen LogP contribution in [0.3, 0.4) is 0 Å². The Balaban J connectivity index is 1.53. The van der Waals surface area contributed by atoms with Crippen LogP contribution >= 0.6 is 11.6 Å². The Bertz CT molecular complexity index is 939. The van der Waals surface area contributed by atoms with Crippen molar-refractivity contribution in [1.29, 1.82) is 0 Å². The van der Waals surface area contributed by atoms with Crippen molar-refractivity contribution in [3.8, 4) is 17.1 Å². The summed E-state index contributed by atoms with van der Waals surface area (Å²) in [6.07, 6.45) is 0.330. The molecule has 1 saturated heterocycles. The number of hydrogen-bond acceptors (Lipinski definition) is 5. The Morgan fingerprint density at radius 1 is 1.23 bits per heavy atom. The van der Waals surface area contributed by atoms with Crippen LogP contribution in [0.4, 0.5) is 5.69 Å². The van der Waals surface area contributed by atoms with E-state index >= 15 is 0 Å². The van der Waals surface area contributed by atoms with Gasteiger partial charge in [0.1, 0.15) is 5.75 Å². The fraction of sp³-hybridized carbons (Fsp3) is 0.211. The molecule has 26 heavy (non-hydrogen) atoms. The minimum Gasteiger partial charge on any atom is -0.497 e. The number of halogens is 1. The van der Waals surface area contributed by atoms with Gasteiger partial charge in [0.15, 0.2) is 0 Å². The highest BCUT2D eigenvalue weighted by atomic mass is 35.5. The number of carbonyl (C=O) groups is 1. The van der Waals surface area contributed by atoms with E-state index in [4.69, 9.17) is 20.9 Å². The number of nitrogens with zero attached hydrogens (tertiary/aromatic N) is 3. The first-order valence-corrected chi connectivity index (χ1v) is 8.56. The molecule has 3 aromatic rings. The van der Waals surface area contributed by atoms with Crippen molar-refractivity contribution in [3.05, 3.63) is 59.4 Å². The van der Waals surface area contributed by atoms with Gasteiger partial charge >= 0.3 is 0 Å². The third kappa shape index (κ3) is 3.15. The maximum absolute atomic E-state index is 12.4. The predicted octanol–water partition coefficient (Wildman–Crippen LogP) is 3.92. The van der Waals surface area contributed by atoms with Crippen molar-refractivity contribution in [3.63, 3.8) is 0 Å². The first kappa shape index (κ1) is 16.6. The van der Waals surface area contributed by atoms with E-state index < -0.39 is 0 Å². The van der Waals surface area contributed by atoms with Gasteiger partial charge in [-0.05, 0) is 42.5 Å². The normalized spacial score (nSPS) is 16.9. The van der Waals surface area contributed by atoms with Crippen molar-refractivity contribution < 1.29 is 14.1 Å². The molecular formula is C19H16ClN3O3. The Morgan fingerprint density at radius 3 is 2.77 bits per heavy atom. The second kappa shape index (κ2) is 6.80. The van der Waals surface area contributed by atoms with Gasteiger partial charge in [-0.3, -0.25) is 4.79 Å². The van der Waals surface area contributed by atoms with E-state index in [-0.39, 0.29) is 11.8 Å². The summed E-state index contributed by atoms with van der Waals surface area (Å²) in [6, 6.07) is 14.7. The molecule has 1 unspecified atom stereocenters. The molecule has 1 amide bonds. The molecule has 0 spiro atoms. The van der Waals surface area contributed by atoms with E-state index in [1.165, 1.54) is 0 Å². The van der Waals surface area contributed by atoms with Crippen LogP contribution in [0.15, 0.2) is 53.1 Å². The van der Waals surface area contributed by atoms with Crippen molar-refractivity contribution >= 4 is 23.2 Å². The molecule has 0 saturated carbocycles. The highest BCUT2D eigenvalue weighted by Gasteiger charge is 2.35. The fourth-order valence-corrected chi connectivity index (χ4v) is 3.21. The molecule has 2 heterocycles. The summed E-state index contributed by atoms with van der Waals surface area (Å²) in [5, 5.41) is 4.64. The molecule has 0 N–H and O–H groups in total. The van der Waals surface area contributed by atoms with Crippen LogP contribution in [0.2, 0.25) is 5.02 Å². The lowest BCUT2D eigenvalue weighted by Gasteiger charge is -2.16. The molecule has 0 aliphatic carbocycles. The van der Waals surface area contributed by atoms with E-state index in [2.05, 4.69) is 10.1 Å². The minimum atomic E-state index is -0.138. The van der Waals surface area contributed by atoms with Gasteiger partial charge in [0, 0.05) is 29.2 Å². The van der Waals surface area contributed by atoms with E-state index in [0.29, 0.717) is 29.7 Å². The first-order chi connectivity index (χ1) is 12.6. The average molecular weight is 370 g/mol. The summed E-state index contributed by atoms with van der Waals surface area (Å²) in [5.74, 6) is 1.60. The Hall–Kier alpha value is -2.86. The van der Waals surface area contributed by atoms with Gasteiger partial charge < -0.3 is 14.2 Å². The Labute approximate surface area is 155 Å². The number of hydrogen-bond donors (Lipinski definition) is 0. The van der Waals surface area contributed by atoms with Gasteiger partial charge in [0.05, 0.1) is 13.0 Å². The molecule has 6 nitrogen and oxygen atoms in total. The molecule has 1 aliphatic rings. The van der Waals surface area contributed by atoms with Crippen LogP contribution < -0.4 is 9.64 Å². The second-order valence-electron chi connectivity index (χ2n) is 6.07. The fourth-order valence-electron chi connectivity index (χ4n) is 3.02. The average Bonchev–Trinajstić information content (AvgIpc) is 3.29. The van der Waals surface area contributed by atoms with Crippen molar-refractivity contribution in [2.75, 3.05) is 18.6 Å². The molecule has 2 aromatic carbocycles. The zero-order valence-corrected chi connectivity index (χ0v) is 14.8. The first-order valence-electron chi connectivity index (χ1n) is 8.18. The number of benzene rings is 2. The lowest BCUT2D eigenvalue weighted by molar-refractivity contribution is -0.117. The van der Waals surface area contributed by atoms with Crippen LogP contribution in [0.1, 0.15) is 18.2 Å². The van der Waals surface area contributed by atoms with Crippen molar-refractivity contribution in [1.82, 2.24) is 10.1 Å². The standard InChI is InChI=1S/C19H16ClN3O3/c1-25-16-7-5-12(6-8-16)18-21-19(26-22-18)13-9-17(24)23(11-13)15-4-2-3-14(20)10-15/h2-8,10,13H,9,11H2,1H3. The third-order valence-corrected chi connectivity index (χ3v) is 4.62. The van der Waals surface area contributed by atoms with Gasteiger partial charge in [-0.15, -0.1) is 0 Å². The second-order valence-corrected chi connectivity index (χ2v) is 6.51. The molecule has 4 rings (SSSR count). The van der Waals surface area contributed by atoms with E-state index in [9.17, 15) is 4.79 Å². The van der Waals surface area contributed by atoms with Crippen LogP contribution in [0.25, 0.3) is 11.4 Å². The molecule has 1 atom stereocenters. The van der Waals surface area contributed by atoms with E-state index in [1.54, 1.807) is 24.1 Å². The number of anilines is 1. The van der Waals surface area contributed by atoms with Crippen molar-refractivity contribution in [2.45, 2.75) is 12.3 Å². The molecule has 1 aromatic heterocycles. The topological polar surface area (TPSA) is 68.5 Å². The van der Waals surface area contributed by atoms with Gasteiger partial charge in [0.2, 0.25) is 17.6 Å². The largest absolute Gasteiger partial charge is 0.497 e. The molecule has 1 fully saturated rings. The predicted molar refractivity (Wildman–Crippen MR) is 97.4 cm³/mol. The molecular weight excluding hydrogens is 354 g/mol. The number of aromatic nitrogens is 2. The van der Waals surface area contributed by atoms with E-state index in [0.717, 1.165) is 17.0 Å². The molecule has 7 heteroatoms. The maximum atomic E-state index is 12.4. The summed E-state index contributed by atoms with van der Waals surface area (Å²) < 4.78 is 10.6. The quantitative estimate of drug-likeness (QED) is 0.697. The summed E-state index contributed by atoms with van der Waals surface area (Å²) in [5.41, 5.74) is 1.61. The van der Waals surface area contributed by atoms with Gasteiger partial charge in [0.25, 0.3) is 0 Å². The number of ether oxygens (including phenoxy) is 1. The highest BCUT2D eigenvalue weighted by molar-refractivity contribution is 6.30. The lowest BCUT2D eigenvalue weighted by Crippen LogP contribution is -2.24. The monoisotopic (exact) mass is 369 g/mol. The molecule has 0 radical (unpaired) electrons. The highest BCUT2D eigenvalue weighted by Crippen LogP contribution is 2.33. The SMILES string of the molecule is COc1ccc(-c2noc(C3CC(=O)N(c4cccc(Cl)c4)C3)n2)cc1. The van der Waals surface area contributed by atoms with E-state index in [1.807, 2.05) is 36.4 Å². The summed E-state index contributed by atoms with van der Waals surface area (Å²) >= 11 is 6.03. The summed E-state index contributed by atoms with van der Waals surface area (Å²) in [6.45, 7) is 0.490. The third-order valence-electron chi connectivity index (χ3n) is 4.38. The van der Waals surface area contributed by atoms with Gasteiger partial charge in [-0.1, -0.05) is 22.8 Å². The minimum absolute atomic E-state index is 0.0152.